The van der Waals surface area contributed by atoms with Crippen LogP contribution >= 0.6 is 0 Å². The van der Waals surface area contributed by atoms with E-state index < -0.39 is 5.60 Å². The maximum absolute atomic E-state index is 6.35. The number of hydrogen-bond donors (Lipinski definition) is 0. The van der Waals surface area contributed by atoms with Gasteiger partial charge in [0.1, 0.15) is 5.60 Å². The number of benzene rings is 1. The molecule has 2 fully saturated rings. The Labute approximate surface area is 196 Å². The molecule has 1 aromatic carbocycles. The van der Waals surface area contributed by atoms with Gasteiger partial charge in [-0.05, 0) is 99.3 Å². The molecule has 0 spiro atoms. The van der Waals surface area contributed by atoms with Gasteiger partial charge in [-0.2, -0.15) is 0 Å². The minimum Gasteiger partial charge on any atom is -0.375 e. The lowest BCUT2D eigenvalue weighted by atomic mass is 9.90. The van der Waals surface area contributed by atoms with Crippen LogP contribution in [0.4, 0.5) is 5.69 Å². The zero-order valence-corrected chi connectivity index (χ0v) is 21.5. The summed E-state index contributed by atoms with van der Waals surface area (Å²) in [6, 6.07) is 8.56. The van der Waals surface area contributed by atoms with Gasteiger partial charge >= 0.3 is 0 Å². The first-order chi connectivity index (χ1) is 14.8. The van der Waals surface area contributed by atoms with E-state index in [1.807, 2.05) is 13.8 Å². The van der Waals surface area contributed by atoms with Gasteiger partial charge in [-0.15, -0.1) is 0 Å². The predicted octanol–water partition coefficient (Wildman–Crippen LogP) is 5.96. The van der Waals surface area contributed by atoms with Crippen molar-refractivity contribution in [3.05, 3.63) is 29.8 Å². The van der Waals surface area contributed by atoms with Crippen molar-refractivity contribution in [2.75, 3.05) is 18.0 Å². The van der Waals surface area contributed by atoms with E-state index in [9.17, 15) is 0 Å². The quantitative estimate of drug-likeness (QED) is 0.527. The third kappa shape index (κ3) is 8.10. The molecule has 1 aliphatic carbocycles. The predicted molar refractivity (Wildman–Crippen MR) is 132 cm³/mol. The minimum absolute atomic E-state index is 0.0603. The van der Waals surface area contributed by atoms with Crippen LogP contribution in [0.1, 0.15) is 86.6 Å². The Bertz CT molecular complexity index is 808. The molecule has 0 amide bonds. The maximum Gasteiger partial charge on any atom is 0.124 e. The summed E-state index contributed by atoms with van der Waals surface area (Å²) in [5.41, 5.74) is 1.52. The fourth-order valence-electron chi connectivity index (χ4n) is 4.54. The molecule has 1 aromatic rings. The van der Waals surface area contributed by atoms with Crippen LogP contribution < -0.4 is 4.90 Å². The highest BCUT2D eigenvalue weighted by Crippen LogP contribution is 2.32. The Morgan fingerprint density at radius 1 is 0.844 bits per heavy atom. The number of ether oxygens (including phenoxy) is 3. The average Bonchev–Trinajstić information content (AvgIpc) is 2.63. The Hall–Kier alpha value is -1.54. The van der Waals surface area contributed by atoms with Crippen LogP contribution in [-0.4, -0.2) is 48.2 Å². The summed E-state index contributed by atoms with van der Waals surface area (Å²) in [4.78, 5) is 2.45. The second-order valence-electron chi connectivity index (χ2n) is 11.8. The van der Waals surface area contributed by atoms with Crippen LogP contribution in [0.2, 0.25) is 0 Å². The molecule has 1 aliphatic heterocycles. The van der Waals surface area contributed by atoms with E-state index in [1.54, 1.807) is 0 Å². The molecule has 0 aromatic heterocycles. The van der Waals surface area contributed by atoms with Crippen LogP contribution in [0.3, 0.4) is 0 Å². The van der Waals surface area contributed by atoms with Gasteiger partial charge in [0, 0.05) is 24.3 Å². The second-order valence-corrected chi connectivity index (χ2v) is 11.8. The average molecular weight is 442 g/mol. The van der Waals surface area contributed by atoms with Crippen LogP contribution in [-0.2, 0) is 14.2 Å². The van der Waals surface area contributed by atoms with Crippen LogP contribution in [0, 0.1) is 11.8 Å². The molecule has 2 aliphatic rings. The van der Waals surface area contributed by atoms with Gasteiger partial charge in [0.25, 0.3) is 0 Å². The largest absolute Gasteiger partial charge is 0.375 e. The van der Waals surface area contributed by atoms with Crippen molar-refractivity contribution in [2.45, 2.75) is 116 Å². The number of piperidine rings is 1. The molecular formula is C28H43NO3. The van der Waals surface area contributed by atoms with Crippen LogP contribution in [0.5, 0.6) is 0 Å². The molecule has 4 nitrogen and oxygen atoms in total. The van der Waals surface area contributed by atoms with Gasteiger partial charge in [0.2, 0.25) is 0 Å². The SMILES string of the molecule is CC(C)(C)OC1CC(OC2CCN(c3cccc(C#CC(C)(C)OC(C)(C)C)c3)CC2)C1. The molecule has 178 valence electrons. The van der Waals surface area contributed by atoms with Crippen molar-refractivity contribution in [3.63, 3.8) is 0 Å². The summed E-state index contributed by atoms with van der Waals surface area (Å²) in [6.45, 7) is 18.7. The van der Waals surface area contributed by atoms with Crippen molar-refractivity contribution in [2.24, 2.45) is 0 Å². The molecule has 0 N–H and O–H groups in total. The fraction of sp³-hybridized carbons (Fsp3) is 0.714. The third-order valence-electron chi connectivity index (χ3n) is 5.68. The second kappa shape index (κ2) is 9.75. The topological polar surface area (TPSA) is 30.9 Å². The fourth-order valence-corrected chi connectivity index (χ4v) is 4.54. The zero-order valence-electron chi connectivity index (χ0n) is 21.5. The molecule has 32 heavy (non-hydrogen) atoms. The molecule has 4 heteroatoms. The Morgan fingerprint density at radius 3 is 2.09 bits per heavy atom. The summed E-state index contributed by atoms with van der Waals surface area (Å²) >= 11 is 0. The van der Waals surface area contributed by atoms with Crippen molar-refractivity contribution < 1.29 is 14.2 Å². The summed E-state index contributed by atoms with van der Waals surface area (Å²) < 4.78 is 18.5. The summed E-state index contributed by atoms with van der Waals surface area (Å²) in [7, 11) is 0. The molecule has 1 saturated carbocycles. The third-order valence-corrected chi connectivity index (χ3v) is 5.68. The van der Waals surface area contributed by atoms with E-state index in [0.29, 0.717) is 18.3 Å². The van der Waals surface area contributed by atoms with Gasteiger partial charge in [-0.25, -0.2) is 0 Å². The van der Waals surface area contributed by atoms with E-state index in [0.717, 1.165) is 44.3 Å². The lowest BCUT2D eigenvalue weighted by Crippen LogP contribution is -2.45. The first kappa shape index (κ1) is 25.1. The number of nitrogens with zero attached hydrogens (tertiary/aromatic N) is 1. The number of hydrogen-bond acceptors (Lipinski definition) is 4. The highest BCUT2D eigenvalue weighted by atomic mass is 16.5. The van der Waals surface area contributed by atoms with Crippen molar-refractivity contribution in [1.29, 1.82) is 0 Å². The van der Waals surface area contributed by atoms with E-state index >= 15 is 0 Å². The Morgan fingerprint density at radius 2 is 1.50 bits per heavy atom. The minimum atomic E-state index is -0.484. The van der Waals surface area contributed by atoms with Gasteiger partial charge in [-0.1, -0.05) is 17.9 Å². The Kier molecular flexibility index (Phi) is 7.65. The van der Waals surface area contributed by atoms with E-state index in [4.69, 9.17) is 14.2 Å². The van der Waals surface area contributed by atoms with Crippen LogP contribution in [0.15, 0.2) is 24.3 Å². The standard InChI is InChI=1S/C28H43NO3/c1-26(2,3)31-25-19-24(20-25)30-23-13-16-29(17-14-23)22-11-9-10-21(18-22)12-15-28(7,8)32-27(4,5)6/h9-11,18,23-25H,13-14,16-17,19-20H2,1-8H3. The molecule has 0 bridgehead atoms. The first-order valence-corrected chi connectivity index (χ1v) is 12.2. The van der Waals surface area contributed by atoms with Crippen molar-refractivity contribution >= 4 is 5.69 Å². The van der Waals surface area contributed by atoms with E-state index in [2.05, 4.69) is 82.5 Å². The highest BCUT2D eigenvalue weighted by Gasteiger charge is 2.35. The molecule has 0 radical (unpaired) electrons. The normalized spacial score (nSPS) is 22.8. The van der Waals surface area contributed by atoms with Gasteiger partial charge in [0.05, 0.1) is 29.5 Å². The molecular weight excluding hydrogens is 398 g/mol. The molecule has 1 heterocycles. The molecule has 3 rings (SSSR count). The summed E-state index contributed by atoms with van der Waals surface area (Å²) in [5.74, 6) is 6.62. The molecule has 0 atom stereocenters. The first-order valence-electron chi connectivity index (χ1n) is 12.2. The lowest BCUT2D eigenvalue weighted by Gasteiger charge is -2.42. The van der Waals surface area contributed by atoms with E-state index in [-0.39, 0.29) is 11.2 Å². The van der Waals surface area contributed by atoms with Gasteiger partial charge in [-0.3, -0.25) is 0 Å². The summed E-state index contributed by atoms with van der Waals surface area (Å²) in [5, 5.41) is 0. The number of rotatable bonds is 5. The summed E-state index contributed by atoms with van der Waals surface area (Å²) in [6.07, 6.45) is 5.32. The van der Waals surface area contributed by atoms with E-state index in [1.165, 1.54) is 5.69 Å². The number of anilines is 1. The van der Waals surface area contributed by atoms with Crippen molar-refractivity contribution in [3.8, 4) is 11.8 Å². The van der Waals surface area contributed by atoms with Crippen molar-refractivity contribution in [1.82, 2.24) is 0 Å². The highest BCUT2D eigenvalue weighted by molar-refractivity contribution is 5.53. The molecule has 1 saturated heterocycles. The van der Waals surface area contributed by atoms with Gasteiger partial charge in [0.15, 0.2) is 0 Å². The maximum atomic E-state index is 6.35. The smallest absolute Gasteiger partial charge is 0.124 e. The Balaban J connectivity index is 1.48. The van der Waals surface area contributed by atoms with Crippen LogP contribution in [0.25, 0.3) is 0 Å². The zero-order chi connectivity index (χ0) is 23.6. The van der Waals surface area contributed by atoms with Gasteiger partial charge < -0.3 is 19.1 Å². The molecule has 0 unspecified atom stereocenters. The lowest BCUT2D eigenvalue weighted by molar-refractivity contribution is -0.164. The monoisotopic (exact) mass is 441 g/mol.